The summed E-state index contributed by atoms with van der Waals surface area (Å²) in [5, 5.41) is 2.85. The molecule has 0 spiro atoms. The van der Waals surface area contributed by atoms with Crippen LogP contribution in [0.5, 0.6) is 0 Å². The molecular formula is C21H27ClN2O3. The van der Waals surface area contributed by atoms with Crippen LogP contribution in [0.25, 0.3) is 0 Å². The number of benzene rings is 2. The van der Waals surface area contributed by atoms with Gasteiger partial charge in [0.2, 0.25) is 5.91 Å². The molecule has 2 rings (SSSR count). The standard InChI is InChI=1S/C21H26N2O3.ClH/c1-2-26-21(25)18(14-16-8-4-3-5-9-16)15-23-20(24)13-12-17-10-6-7-11-19(17)22;/h3-11,18H,2,12-15,22H2,1H3,(H,23,24);1H. The molecule has 2 aromatic rings. The van der Waals surface area contributed by atoms with Crippen LogP contribution in [0.4, 0.5) is 5.69 Å². The number of carbonyl (C=O) groups is 2. The summed E-state index contributed by atoms with van der Waals surface area (Å²) in [6, 6.07) is 17.2. The van der Waals surface area contributed by atoms with Crippen LogP contribution in [0.15, 0.2) is 54.6 Å². The van der Waals surface area contributed by atoms with Crippen molar-refractivity contribution < 1.29 is 14.3 Å². The molecule has 1 atom stereocenters. The van der Waals surface area contributed by atoms with Crippen molar-refractivity contribution in [3.63, 3.8) is 0 Å². The Bertz CT molecular complexity index is 722. The Morgan fingerprint density at radius 3 is 2.41 bits per heavy atom. The summed E-state index contributed by atoms with van der Waals surface area (Å²) in [6.45, 7) is 2.36. The van der Waals surface area contributed by atoms with Crippen LogP contribution in [0.1, 0.15) is 24.5 Å². The zero-order valence-corrected chi connectivity index (χ0v) is 16.3. The van der Waals surface area contributed by atoms with Gasteiger partial charge in [-0.3, -0.25) is 9.59 Å². The second-order valence-corrected chi connectivity index (χ2v) is 6.14. The van der Waals surface area contributed by atoms with E-state index in [9.17, 15) is 9.59 Å². The molecule has 2 aromatic carbocycles. The number of rotatable bonds is 9. The maximum Gasteiger partial charge on any atom is 0.311 e. The molecule has 0 aliphatic carbocycles. The van der Waals surface area contributed by atoms with Crippen LogP contribution < -0.4 is 11.1 Å². The number of nitrogens with two attached hydrogens (primary N) is 1. The highest BCUT2D eigenvalue weighted by atomic mass is 35.5. The Morgan fingerprint density at radius 2 is 1.74 bits per heavy atom. The molecule has 0 aliphatic rings. The molecule has 146 valence electrons. The van der Waals surface area contributed by atoms with E-state index < -0.39 is 5.92 Å². The molecule has 1 unspecified atom stereocenters. The number of aryl methyl sites for hydroxylation is 1. The van der Waals surface area contributed by atoms with Crippen LogP contribution in [0, 0.1) is 5.92 Å². The molecule has 5 nitrogen and oxygen atoms in total. The highest BCUT2D eigenvalue weighted by molar-refractivity contribution is 5.85. The number of esters is 1. The summed E-state index contributed by atoms with van der Waals surface area (Å²) < 4.78 is 5.15. The first-order valence-corrected chi connectivity index (χ1v) is 8.90. The van der Waals surface area contributed by atoms with E-state index in [0.29, 0.717) is 31.6 Å². The Morgan fingerprint density at radius 1 is 1.07 bits per heavy atom. The molecule has 0 aromatic heterocycles. The van der Waals surface area contributed by atoms with Crippen LogP contribution in [-0.2, 0) is 27.2 Å². The van der Waals surface area contributed by atoms with Gasteiger partial charge in [0, 0.05) is 18.7 Å². The third-order valence-electron chi connectivity index (χ3n) is 4.17. The normalized spacial score (nSPS) is 11.1. The molecule has 0 heterocycles. The van der Waals surface area contributed by atoms with Gasteiger partial charge in [-0.15, -0.1) is 12.4 Å². The lowest BCUT2D eigenvalue weighted by Gasteiger charge is -2.16. The zero-order valence-electron chi connectivity index (χ0n) is 15.5. The number of para-hydroxylation sites is 1. The quantitative estimate of drug-likeness (QED) is 0.509. The van der Waals surface area contributed by atoms with Crippen molar-refractivity contribution >= 4 is 30.0 Å². The monoisotopic (exact) mass is 390 g/mol. The van der Waals surface area contributed by atoms with E-state index in [1.54, 1.807) is 6.92 Å². The number of hydrogen-bond acceptors (Lipinski definition) is 4. The molecular weight excluding hydrogens is 364 g/mol. The van der Waals surface area contributed by atoms with Gasteiger partial charge >= 0.3 is 5.97 Å². The average Bonchev–Trinajstić information content (AvgIpc) is 2.65. The predicted molar refractivity (Wildman–Crippen MR) is 110 cm³/mol. The van der Waals surface area contributed by atoms with E-state index >= 15 is 0 Å². The first kappa shape index (κ1) is 22.5. The maximum atomic E-state index is 12.2. The maximum absolute atomic E-state index is 12.2. The first-order valence-electron chi connectivity index (χ1n) is 8.90. The van der Waals surface area contributed by atoms with Crippen molar-refractivity contribution in [2.75, 3.05) is 18.9 Å². The Labute approximate surface area is 166 Å². The van der Waals surface area contributed by atoms with Crippen LogP contribution >= 0.6 is 12.4 Å². The minimum atomic E-state index is -0.400. The van der Waals surface area contributed by atoms with Crippen LogP contribution in [0.3, 0.4) is 0 Å². The molecule has 0 saturated heterocycles. The smallest absolute Gasteiger partial charge is 0.311 e. The van der Waals surface area contributed by atoms with Crippen molar-refractivity contribution in [2.24, 2.45) is 5.92 Å². The molecule has 0 radical (unpaired) electrons. The first-order chi connectivity index (χ1) is 12.6. The Kier molecular flexibility index (Phi) is 9.98. The van der Waals surface area contributed by atoms with Crippen molar-refractivity contribution in [1.82, 2.24) is 5.32 Å². The van der Waals surface area contributed by atoms with Gasteiger partial charge in [0.05, 0.1) is 12.5 Å². The average molecular weight is 391 g/mol. The van der Waals surface area contributed by atoms with E-state index in [-0.39, 0.29) is 30.8 Å². The second kappa shape index (κ2) is 12.0. The molecule has 1 amide bonds. The molecule has 0 bridgehead atoms. The van der Waals surface area contributed by atoms with Crippen molar-refractivity contribution in [2.45, 2.75) is 26.2 Å². The third-order valence-corrected chi connectivity index (χ3v) is 4.17. The summed E-state index contributed by atoms with van der Waals surface area (Å²) in [5.41, 5.74) is 8.58. The minimum absolute atomic E-state index is 0. The lowest BCUT2D eigenvalue weighted by atomic mass is 9.99. The fourth-order valence-electron chi connectivity index (χ4n) is 2.73. The van der Waals surface area contributed by atoms with Gasteiger partial charge in [-0.1, -0.05) is 48.5 Å². The van der Waals surface area contributed by atoms with Gasteiger partial charge < -0.3 is 15.8 Å². The van der Waals surface area contributed by atoms with Gasteiger partial charge in [-0.25, -0.2) is 0 Å². The third kappa shape index (κ3) is 7.71. The number of ether oxygens (including phenoxy) is 1. The van der Waals surface area contributed by atoms with Crippen LogP contribution in [-0.4, -0.2) is 25.0 Å². The Balaban J connectivity index is 0.00000364. The number of nitrogen functional groups attached to an aromatic ring is 1. The molecule has 0 saturated carbocycles. The number of halogens is 1. The summed E-state index contributed by atoms with van der Waals surface area (Å²) in [6.07, 6.45) is 1.43. The van der Waals surface area contributed by atoms with Gasteiger partial charge in [0.15, 0.2) is 0 Å². The van der Waals surface area contributed by atoms with E-state index in [2.05, 4.69) is 5.32 Å². The molecule has 6 heteroatoms. The van der Waals surface area contributed by atoms with E-state index in [1.807, 2.05) is 54.6 Å². The van der Waals surface area contributed by atoms with Crippen LogP contribution in [0.2, 0.25) is 0 Å². The number of hydrogen-bond donors (Lipinski definition) is 2. The fraction of sp³-hybridized carbons (Fsp3) is 0.333. The molecule has 0 fully saturated rings. The van der Waals surface area contributed by atoms with Gasteiger partial charge in [0.25, 0.3) is 0 Å². The van der Waals surface area contributed by atoms with E-state index in [4.69, 9.17) is 10.5 Å². The van der Waals surface area contributed by atoms with Crippen molar-refractivity contribution in [3.05, 3.63) is 65.7 Å². The minimum Gasteiger partial charge on any atom is -0.466 e. The largest absolute Gasteiger partial charge is 0.466 e. The molecule has 27 heavy (non-hydrogen) atoms. The Hall–Kier alpha value is -2.53. The van der Waals surface area contributed by atoms with E-state index in [0.717, 1.165) is 11.1 Å². The lowest BCUT2D eigenvalue weighted by Crippen LogP contribution is -2.35. The topological polar surface area (TPSA) is 81.4 Å². The SMILES string of the molecule is CCOC(=O)C(CNC(=O)CCc1ccccc1N)Cc1ccccc1.Cl. The number of nitrogens with one attached hydrogen (secondary N) is 1. The number of carbonyl (C=O) groups excluding carboxylic acids is 2. The highest BCUT2D eigenvalue weighted by Crippen LogP contribution is 2.13. The number of anilines is 1. The van der Waals surface area contributed by atoms with Gasteiger partial charge in [0.1, 0.15) is 0 Å². The van der Waals surface area contributed by atoms with E-state index in [1.165, 1.54) is 0 Å². The summed E-state index contributed by atoms with van der Waals surface area (Å²) >= 11 is 0. The summed E-state index contributed by atoms with van der Waals surface area (Å²) in [4.78, 5) is 24.4. The van der Waals surface area contributed by atoms with Gasteiger partial charge in [-0.2, -0.15) is 0 Å². The second-order valence-electron chi connectivity index (χ2n) is 6.14. The predicted octanol–water partition coefficient (Wildman–Crippen LogP) is 3.16. The molecule has 0 aliphatic heterocycles. The summed E-state index contributed by atoms with van der Waals surface area (Å²) in [7, 11) is 0. The molecule has 3 N–H and O–H groups in total. The summed E-state index contributed by atoms with van der Waals surface area (Å²) in [5.74, 6) is -0.789. The van der Waals surface area contributed by atoms with Gasteiger partial charge in [-0.05, 0) is 37.0 Å². The highest BCUT2D eigenvalue weighted by Gasteiger charge is 2.21. The van der Waals surface area contributed by atoms with Crippen molar-refractivity contribution in [3.8, 4) is 0 Å². The zero-order chi connectivity index (χ0) is 18.8. The fourth-order valence-corrected chi connectivity index (χ4v) is 2.73. The number of amides is 1. The lowest BCUT2D eigenvalue weighted by molar-refractivity contribution is -0.147. The van der Waals surface area contributed by atoms with Crippen molar-refractivity contribution in [1.29, 1.82) is 0 Å².